The summed E-state index contributed by atoms with van der Waals surface area (Å²) in [5.74, 6) is 0. The summed E-state index contributed by atoms with van der Waals surface area (Å²) in [7, 11) is 0. The molecular weight excluding hydrogens is 192 g/mol. The lowest BCUT2D eigenvalue weighted by Gasteiger charge is -1.93. The summed E-state index contributed by atoms with van der Waals surface area (Å²) in [5.41, 5.74) is 2.11. The van der Waals surface area contributed by atoms with Gasteiger partial charge in [-0.05, 0) is 6.07 Å². The highest BCUT2D eigenvalue weighted by Gasteiger charge is 2.02. The molecule has 1 N–H and O–H groups in total. The molecule has 0 amide bonds. The van der Waals surface area contributed by atoms with E-state index in [0.29, 0.717) is 0 Å². The Labute approximate surface area is 85.2 Å². The van der Waals surface area contributed by atoms with Gasteiger partial charge in [-0.15, -0.1) is 11.3 Å². The smallest absolute Gasteiger partial charge is 0.0978 e. The molecule has 2 aromatic rings. The standard InChI is InChI=1S/C11H8N2S/c1-2-4-9-8(3-1)5-12-10-6-14-7-11(10)13-9/h1-7,12H. The zero-order chi connectivity index (χ0) is 9.38. The normalized spacial score (nSPS) is 12.6. The van der Waals surface area contributed by atoms with E-state index in [1.165, 1.54) is 0 Å². The van der Waals surface area contributed by atoms with Crippen molar-refractivity contribution in [3.63, 3.8) is 0 Å². The topological polar surface area (TPSA) is 24.4 Å². The van der Waals surface area contributed by atoms with Gasteiger partial charge in [0.25, 0.3) is 0 Å². The second-order valence-corrected chi connectivity index (χ2v) is 3.87. The fourth-order valence-corrected chi connectivity index (χ4v) is 2.18. The molecule has 1 aromatic heterocycles. The van der Waals surface area contributed by atoms with Crippen molar-refractivity contribution in [1.29, 1.82) is 0 Å². The third-order valence-electron chi connectivity index (χ3n) is 2.20. The maximum atomic E-state index is 4.58. The summed E-state index contributed by atoms with van der Waals surface area (Å²) in [5, 5.41) is 9.54. The van der Waals surface area contributed by atoms with Gasteiger partial charge in [-0.1, -0.05) is 18.2 Å². The molecule has 3 heteroatoms. The highest BCUT2D eigenvalue weighted by Crippen LogP contribution is 2.29. The van der Waals surface area contributed by atoms with E-state index in [2.05, 4.69) is 27.1 Å². The second-order valence-electron chi connectivity index (χ2n) is 3.13. The van der Waals surface area contributed by atoms with E-state index in [1.807, 2.05) is 24.4 Å². The van der Waals surface area contributed by atoms with E-state index in [4.69, 9.17) is 0 Å². The Balaban J connectivity index is 2.38. The number of anilines is 1. The molecule has 0 unspecified atom stereocenters. The lowest BCUT2D eigenvalue weighted by atomic mass is 10.3. The SMILES string of the molecule is C1=c2ccccc2=Nc2cscc2N1. The molecule has 1 aliphatic rings. The van der Waals surface area contributed by atoms with Gasteiger partial charge in [0.1, 0.15) is 0 Å². The summed E-state index contributed by atoms with van der Waals surface area (Å²) in [4.78, 5) is 4.58. The van der Waals surface area contributed by atoms with Crippen LogP contribution in [-0.2, 0) is 0 Å². The van der Waals surface area contributed by atoms with Crippen molar-refractivity contribution in [1.82, 2.24) is 0 Å². The zero-order valence-corrected chi connectivity index (χ0v) is 8.21. The Morgan fingerprint density at radius 1 is 1.14 bits per heavy atom. The van der Waals surface area contributed by atoms with Crippen LogP contribution in [0.3, 0.4) is 0 Å². The Morgan fingerprint density at radius 2 is 2.07 bits per heavy atom. The van der Waals surface area contributed by atoms with Gasteiger partial charge >= 0.3 is 0 Å². The van der Waals surface area contributed by atoms with Crippen molar-refractivity contribution in [2.75, 3.05) is 5.32 Å². The first-order valence-corrected chi connectivity index (χ1v) is 5.34. The number of benzene rings is 1. The highest BCUT2D eigenvalue weighted by molar-refractivity contribution is 7.08. The van der Waals surface area contributed by atoms with Gasteiger partial charge in [0, 0.05) is 22.2 Å². The lowest BCUT2D eigenvalue weighted by Crippen LogP contribution is -2.23. The fourth-order valence-electron chi connectivity index (χ4n) is 1.48. The molecule has 14 heavy (non-hydrogen) atoms. The van der Waals surface area contributed by atoms with Crippen LogP contribution >= 0.6 is 11.3 Å². The van der Waals surface area contributed by atoms with Crippen LogP contribution in [0, 0.1) is 0 Å². The average molecular weight is 200 g/mol. The molecule has 0 radical (unpaired) electrons. The first kappa shape index (κ1) is 7.76. The van der Waals surface area contributed by atoms with Gasteiger partial charge in [-0.3, -0.25) is 0 Å². The Bertz CT molecular complexity index is 583. The van der Waals surface area contributed by atoms with Gasteiger partial charge in [-0.25, -0.2) is 4.99 Å². The first-order chi connectivity index (χ1) is 6.93. The monoisotopic (exact) mass is 200 g/mol. The number of thiophene rings is 1. The number of rotatable bonds is 0. The number of nitrogens with zero attached hydrogens (tertiary/aromatic N) is 1. The highest BCUT2D eigenvalue weighted by atomic mass is 32.1. The first-order valence-electron chi connectivity index (χ1n) is 4.40. The van der Waals surface area contributed by atoms with Crippen LogP contribution in [0.15, 0.2) is 40.0 Å². The summed E-state index contributed by atoms with van der Waals surface area (Å²) in [6.07, 6.45) is 2.00. The molecule has 0 saturated heterocycles. The van der Waals surface area contributed by atoms with Gasteiger partial charge in [0.05, 0.1) is 16.7 Å². The molecular formula is C11H8N2S. The van der Waals surface area contributed by atoms with Crippen LogP contribution in [0.2, 0.25) is 0 Å². The second kappa shape index (κ2) is 2.96. The molecule has 2 heterocycles. The third-order valence-corrected chi connectivity index (χ3v) is 2.93. The largest absolute Gasteiger partial charge is 0.359 e. The predicted octanol–water partition coefficient (Wildman–Crippen LogP) is 1.86. The molecule has 0 aliphatic carbocycles. The molecule has 2 nitrogen and oxygen atoms in total. The zero-order valence-electron chi connectivity index (χ0n) is 7.40. The van der Waals surface area contributed by atoms with Crippen molar-refractivity contribution in [3.05, 3.63) is 45.6 Å². The van der Waals surface area contributed by atoms with Crippen molar-refractivity contribution in [2.45, 2.75) is 0 Å². The molecule has 0 saturated carbocycles. The molecule has 3 rings (SSSR count). The number of nitrogens with one attached hydrogen (secondary N) is 1. The molecule has 1 aliphatic heterocycles. The van der Waals surface area contributed by atoms with Crippen molar-refractivity contribution >= 4 is 28.9 Å². The van der Waals surface area contributed by atoms with E-state index >= 15 is 0 Å². The maximum absolute atomic E-state index is 4.58. The fraction of sp³-hybridized carbons (Fsp3) is 0. The predicted molar refractivity (Wildman–Crippen MR) is 59.3 cm³/mol. The number of para-hydroxylation sites is 1. The molecule has 68 valence electrons. The molecule has 1 aromatic carbocycles. The maximum Gasteiger partial charge on any atom is 0.0978 e. The van der Waals surface area contributed by atoms with Crippen LogP contribution in [0.4, 0.5) is 11.4 Å². The Morgan fingerprint density at radius 3 is 3.07 bits per heavy atom. The molecule has 0 bridgehead atoms. The van der Waals surface area contributed by atoms with Gasteiger partial charge in [-0.2, -0.15) is 0 Å². The van der Waals surface area contributed by atoms with Gasteiger partial charge < -0.3 is 5.32 Å². The summed E-state index contributed by atoms with van der Waals surface area (Å²) < 4.78 is 0. The minimum Gasteiger partial charge on any atom is -0.359 e. The van der Waals surface area contributed by atoms with Gasteiger partial charge in [0.15, 0.2) is 0 Å². The minimum atomic E-state index is 1.02. The quantitative estimate of drug-likeness (QED) is 0.689. The van der Waals surface area contributed by atoms with Crippen LogP contribution in [0.1, 0.15) is 0 Å². The summed E-state index contributed by atoms with van der Waals surface area (Å²) in [6.45, 7) is 0. The Hall–Kier alpha value is -1.61. The van der Waals surface area contributed by atoms with Crippen molar-refractivity contribution in [2.24, 2.45) is 4.99 Å². The van der Waals surface area contributed by atoms with E-state index in [9.17, 15) is 0 Å². The van der Waals surface area contributed by atoms with E-state index < -0.39 is 0 Å². The van der Waals surface area contributed by atoms with Crippen LogP contribution in [0.25, 0.3) is 6.20 Å². The van der Waals surface area contributed by atoms with E-state index in [1.54, 1.807) is 11.3 Å². The summed E-state index contributed by atoms with van der Waals surface area (Å²) >= 11 is 1.66. The van der Waals surface area contributed by atoms with Gasteiger partial charge in [0.2, 0.25) is 0 Å². The lowest BCUT2D eigenvalue weighted by molar-refractivity contribution is 1.33. The molecule has 0 atom stereocenters. The summed E-state index contributed by atoms with van der Waals surface area (Å²) in [6, 6.07) is 8.11. The molecule has 0 spiro atoms. The van der Waals surface area contributed by atoms with Crippen molar-refractivity contribution < 1.29 is 0 Å². The van der Waals surface area contributed by atoms with Crippen LogP contribution in [0.5, 0.6) is 0 Å². The minimum absolute atomic E-state index is 1.02. The van der Waals surface area contributed by atoms with Crippen LogP contribution in [-0.4, -0.2) is 0 Å². The van der Waals surface area contributed by atoms with E-state index in [-0.39, 0.29) is 0 Å². The Kier molecular flexibility index (Phi) is 1.64. The third kappa shape index (κ3) is 1.14. The number of hydrogen-bond acceptors (Lipinski definition) is 3. The molecule has 0 fully saturated rings. The van der Waals surface area contributed by atoms with E-state index in [0.717, 1.165) is 22.0 Å². The van der Waals surface area contributed by atoms with Crippen molar-refractivity contribution in [3.8, 4) is 0 Å². The number of fused-ring (bicyclic) bond motifs is 2. The average Bonchev–Trinajstić information content (AvgIpc) is 2.58. The number of hydrogen-bond donors (Lipinski definition) is 1. The van der Waals surface area contributed by atoms with Crippen LogP contribution < -0.4 is 15.9 Å².